The number of fused-ring (bicyclic) bond motifs is 1. The molecule has 7 nitrogen and oxygen atoms in total. The Balaban J connectivity index is 1.67. The zero-order valence-corrected chi connectivity index (χ0v) is 15.9. The summed E-state index contributed by atoms with van der Waals surface area (Å²) < 4.78 is 6.63. The third-order valence-electron chi connectivity index (χ3n) is 4.56. The van der Waals surface area contributed by atoms with E-state index >= 15 is 0 Å². The van der Waals surface area contributed by atoms with Crippen LogP contribution in [-0.2, 0) is 16.1 Å². The molecule has 144 valence electrons. The second-order valence-corrected chi connectivity index (χ2v) is 6.93. The van der Waals surface area contributed by atoms with Crippen LogP contribution < -0.4 is 15.8 Å². The van der Waals surface area contributed by atoms with Gasteiger partial charge in [-0.1, -0.05) is 35.9 Å². The summed E-state index contributed by atoms with van der Waals surface area (Å²) in [4.78, 5) is 27.4. The van der Waals surface area contributed by atoms with Crippen molar-refractivity contribution in [1.82, 2.24) is 9.78 Å². The summed E-state index contributed by atoms with van der Waals surface area (Å²) in [6.07, 6.45) is 0. The van der Waals surface area contributed by atoms with E-state index in [2.05, 4.69) is 15.3 Å². The Kier molecular flexibility index (Phi) is 5.27. The van der Waals surface area contributed by atoms with Crippen molar-refractivity contribution in [1.29, 1.82) is 0 Å². The minimum Gasteiger partial charge on any atom is -0.378 e. The summed E-state index contributed by atoms with van der Waals surface area (Å²) in [5.74, 6) is 0.342. The van der Waals surface area contributed by atoms with E-state index < -0.39 is 0 Å². The van der Waals surface area contributed by atoms with E-state index in [1.54, 1.807) is 30.3 Å². The maximum Gasteiger partial charge on any atom is 0.275 e. The standard InChI is InChI=1S/C20H19ClN4O3/c21-14-4-3-5-15(12-14)22-18(26)13-25-20(27)17-7-2-1-6-16(17)19(23-25)24-8-10-28-11-9-24/h1-7,12H,8-11,13H2,(H,22,26). The average molecular weight is 399 g/mol. The summed E-state index contributed by atoms with van der Waals surface area (Å²) in [6, 6.07) is 14.2. The van der Waals surface area contributed by atoms with Gasteiger partial charge >= 0.3 is 0 Å². The van der Waals surface area contributed by atoms with Crippen molar-refractivity contribution in [3.8, 4) is 0 Å². The van der Waals surface area contributed by atoms with E-state index in [1.165, 1.54) is 4.68 Å². The van der Waals surface area contributed by atoms with Gasteiger partial charge in [0.25, 0.3) is 5.56 Å². The molecule has 1 N–H and O–H groups in total. The summed E-state index contributed by atoms with van der Waals surface area (Å²) in [7, 11) is 0. The molecule has 2 heterocycles. The number of rotatable bonds is 4. The molecule has 0 spiro atoms. The largest absolute Gasteiger partial charge is 0.378 e. The van der Waals surface area contributed by atoms with Gasteiger partial charge in [-0.25, -0.2) is 4.68 Å². The lowest BCUT2D eigenvalue weighted by Gasteiger charge is -2.29. The van der Waals surface area contributed by atoms with Crippen molar-refractivity contribution in [2.45, 2.75) is 6.54 Å². The molecule has 0 bridgehead atoms. The maximum atomic E-state index is 12.9. The number of benzene rings is 2. The molecule has 3 aromatic rings. The molecule has 0 atom stereocenters. The fourth-order valence-electron chi connectivity index (χ4n) is 3.24. The molecule has 1 amide bonds. The van der Waals surface area contributed by atoms with E-state index in [-0.39, 0.29) is 18.0 Å². The Bertz CT molecular complexity index is 1080. The second-order valence-electron chi connectivity index (χ2n) is 6.49. The fraction of sp³-hybridized carbons (Fsp3) is 0.250. The number of carbonyl (C=O) groups is 1. The number of anilines is 2. The first-order valence-electron chi connectivity index (χ1n) is 9.00. The highest BCUT2D eigenvalue weighted by atomic mass is 35.5. The van der Waals surface area contributed by atoms with Gasteiger partial charge in [0, 0.05) is 29.2 Å². The highest BCUT2D eigenvalue weighted by molar-refractivity contribution is 6.30. The normalized spacial score (nSPS) is 14.2. The molecule has 0 unspecified atom stereocenters. The van der Waals surface area contributed by atoms with Crippen LogP contribution in [0.15, 0.2) is 53.3 Å². The van der Waals surface area contributed by atoms with Crippen LogP contribution in [0.1, 0.15) is 0 Å². The van der Waals surface area contributed by atoms with Gasteiger partial charge in [-0.3, -0.25) is 9.59 Å². The monoisotopic (exact) mass is 398 g/mol. The first-order valence-corrected chi connectivity index (χ1v) is 9.37. The van der Waals surface area contributed by atoms with E-state index in [4.69, 9.17) is 16.3 Å². The smallest absolute Gasteiger partial charge is 0.275 e. The number of carbonyl (C=O) groups excluding carboxylic acids is 1. The van der Waals surface area contributed by atoms with Crippen LogP contribution in [0.2, 0.25) is 5.02 Å². The lowest BCUT2D eigenvalue weighted by molar-refractivity contribution is -0.117. The van der Waals surface area contributed by atoms with Gasteiger partial charge in [0.05, 0.1) is 18.6 Å². The Morgan fingerprint density at radius 3 is 2.61 bits per heavy atom. The number of halogens is 1. The highest BCUT2D eigenvalue weighted by Crippen LogP contribution is 2.22. The van der Waals surface area contributed by atoms with E-state index in [0.717, 1.165) is 5.39 Å². The topological polar surface area (TPSA) is 76.5 Å². The van der Waals surface area contributed by atoms with Crippen LogP contribution in [0.3, 0.4) is 0 Å². The number of nitrogens with one attached hydrogen (secondary N) is 1. The van der Waals surface area contributed by atoms with Gasteiger partial charge in [0.15, 0.2) is 5.82 Å². The molecular weight excluding hydrogens is 380 g/mol. The van der Waals surface area contributed by atoms with E-state index in [1.807, 2.05) is 18.2 Å². The minimum absolute atomic E-state index is 0.187. The molecule has 2 aromatic carbocycles. The van der Waals surface area contributed by atoms with Crippen molar-refractivity contribution in [2.75, 3.05) is 36.5 Å². The molecule has 1 fully saturated rings. The van der Waals surface area contributed by atoms with Gasteiger partial charge in [0.2, 0.25) is 5.91 Å². The maximum absolute atomic E-state index is 12.9. The summed E-state index contributed by atoms with van der Waals surface area (Å²) >= 11 is 5.95. The summed E-state index contributed by atoms with van der Waals surface area (Å²) in [6.45, 7) is 2.39. The number of amides is 1. The quantitative estimate of drug-likeness (QED) is 0.730. The Morgan fingerprint density at radius 2 is 1.86 bits per heavy atom. The summed E-state index contributed by atoms with van der Waals surface area (Å²) in [5, 5.41) is 9.10. The highest BCUT2D eigenvalue weighted by Gasteiger charge is 2.19. The molecule has 1 saturated heterocycles. The van der Waals surface area contributed by atoms with Crippen LogP contribution in [-0.4, -0.2) is 42.0 Å². The number of ether oxygens (including phenoxy) is 1. The molecule has 4 rings (SSSR count). The predicted octanol–water partition coefficient (Wildman–Crippen LogP) is 2.53. The third kappa shape index (κ3) is 3.85. The van der Waals surface area contributed by atoms with Gasteiger partial charge in [0.1, 0.15) is 6.54 Å². The predicted molar refractivity (Wildman–Crippen MR) is 109 cm³/mol. The third-order valence-corrected chi connectivity index (χ3v) is 4.80. The molecule has 28 heavy (non-hydrogen) atoms. The van der Waals surface area contributed by atoms with Crippen LogP contribution in [0, 0.1) is 0 Å². The van der Waals surface area contributed by atoms with Crippen LogP contribution in [0.25, 0.3) is 10.8 Å². The fourth-order valence-corrected chi connectivity index (χ4v) is 3.43. The molecular formula is C20H19ClN4O3. The average Bonchev–Trinajstić information content (AvgIpc) is 2.71. The first-order chi connectivity index (χ1) is 13.6. The summed E-state index contributed by atoms with van der Waals surface area (Å²) in [5.41, 5.74) is 0.272. The zero-order valence-electron chi connectivity index (χ0n) is 15.1. The Labute approximate surface area is 166 Å². The number of morpholine rings is 1. The van der Waals surface area contributed by atoms with Crippen molar-refractivity contribution < 1.29 is 9.53 Å². The Morgan fingerprint density at radius 1 is 1.11 bits per heavy atom. The van der Waals surface area contributed by atoms with Crippen molar-refractivity contribution in [3.05, 3.63) is 63.9 Å². The van der Waals surface area contributed by atoms with Crippen molar-refractivity contribution in [3.63, 3.8) is 0 Å². The molecule has 1 aliphatic heterocycles. The molecule has 0 saturated carbocycles. The number of nitrogens with zero attached hydrogens (tertiary/aromatic N) is 3. The first kappa shape index (κ1) is 18.5. The van der Waals surface area contributed by atoms with E-state index in [0.29, 0.717) is 48.2 Å². The van der Waals surface area contributed by atoms with Gasteiger partial charge < -0.3 is 15.0 Å². The van der Waals surface area contributed by atoms with Gasteiger partial charge in [-0.15, -0.1) is 0 Å². The molecule has 1 aliphatic rings. The molecule has 0 aliphatic carbocycles. The molecule has 1 aromatic heterocycles. The minimum atomic E-state index is -0.347. The molecule has 8 heteroatoms. The lowest BCUT2D eigenvalue weighted by Crippen LogP contribution is -2.39. The SMILES string of the molecule is O=C(Cn1nc(N2CCOCC2)c2ccccc2c1=O)Nc1cccc(Cl)c1. The van der Waals surface area contributed by atoms with Crippen LogP contribution in [0.5, 0.6) is 0 Å². The number of hydrogen-bond donors (Lipinski definition) is 1. The van der Waals surface area contributed by atoms with Crippen molar-refractivity contribution in [2.24, 2.45) is 0 Å². The second kappa shape index (κ2) is 8.00. The van der Waals surface area contributed by atoms with E-state index in [9.17, 15) is 9.59 Å². The Hall–Kier alpha value is -2.90. The van der Waals surface area contributed by atoms with Crippen molar-refractivity contribution >= 4 is 39.8 Å². The van der Waals surface area contributed by atoms with Gasteiger partial charge in [-0.05, 0) is 24.3 Å². The van der Waals surface area contributed by atoms with Gasteiger partial charge in [-0.2, -0.15) is 5.10 Å². The molecule has 0 radical (unpaired) electrons. The van der Waals surface area contributed by atoms with Crippen LogP contribution in [0.4, 0.5) is 11.5 Å². The number of hydrogen-bond acceptors (Lipinski definition) is 5. The van der Waals surface area contributed by atoms with Crippen LogP contribution >= 0.6 is 11.6 Å². The lowest BCUT2D eigenvalue weighted by atomic mass is 10.1. The zero-order chi connectivity index (χ0) is 19.5. The number of aromatic nitrogens is 2.